The Balaban J connectivity index is 2.15. The number of rotatable bonds is 4. The van der Waals surface area contributed by atoms with Crippen molar-refractivity contribution in [2.45, 2.75) is 19.8 Å². The van der Waals surface area contributed by atoms with Crippen LogP contribution in [-0.4, -0.2) is 21.4 Å². The molecule has 0 fully saturated rings. The molecule has 0 saturated carbocycles. The van der Waals surface area contributed by atoms with E-state index in [9.17, 15) is 0 Å². The summed E-state index contributed by atoms with van der Waals surface area (Å²) in [4.78, 5) is 0. The zero-order valence-electron chi connectivity index (χ0n) is 6.12. The summed E-state index contributed by atoms with van der Waals surface area (Å²) >= 11 is 0. The lowest BCUT2D eigenvalue weighted by Crippen LogP contribution is -2.13. The maximum Gasteiger partial charge on any atom is 0.138 e. The predicted molar refractivity (Wildman–Crippen MR) is 39.2 cm³/mol. The lowest BCUT2D eigenvalue weighted by atomic mass is 10.3. The van der Waals surface area contributed by atoms with Crippen LogP contribution in [0.25, 0.3) is 0 Å². The molecule has 1 rings (SSSR count). The molecular weight excluding hydrogens is 128 g/mol. The maximum absolute atomic E-state index is 3.65. The van der Waals surface area contributed by atoms with Crippen molar-refractivity contribution in [3.05, 3.63) is 12.7 Å². The molecule has 0 unspecified atom stereocenters. The molecule has 0 saturated heterocycles. The van der Waals surface area contributed by atoms with E-state index < -0.39 is 0 Å². The third-order valence-electron chi connectivity index (χ3n) is 1.24. The number of hydrogen-bond donors (Lipinski definition) is 1. The normalized spacial score (nSPS) is 9.70. The summed E-state index contributed by atoms with van der Waals surface area (Å²) in [5, 5.41) is 7.30. The van der Waals surface area contributed by atoms with Crippen molar-refractivity contribution in [3.8, 4) is 0 Å². The Morgan fingerprint density at radius 2 is 2.10 bits per heavy atom. The fraction of sp³-hybridized carbons (Fsp3) is 0.667. The Kier molecular flexibility index (Phi) is 2.73. The molecule has 0 aliphatic carbocycles. The molecule has 4 heteroatoms. The highest BCUT2D eigenvalue weighted by Crippen LogP contribution is 1.83. The summed E-state index contributed by atoms with van der Waals surface area (Å²) in [7, 11) is 0. The Bertz CT molecular complexity index is 158. The minimum Gasteiger partial charge on any atom is -0.323 e. The Labute approximate surface area is 60.2 Å². The van der Waals surface area contributed by atoms with Gasteiger partial charge in [-0.1, -0.05) is 13.3 Å². The maximum atomic E-state index is 3.65. The van der Waals surface area contributed by atoms with E-state index in [-0.39, 0.29) is 0 Å². The molecule has 0 aliphatic rings. The molecule has 1 aromatic heterocycles. The van der Waals surface area contributed by atoms with Crippen LogP contribution < -0.4 is 5.43 Å². The fourth-order valence-corrected chi connectivity index (χ4v) is 0.667. The lowest BCUT2D eigenvalue weighted by molar-refractivity contribution is 0.750. The summed E-state index contributed by atoms with van der Waals surface area (Å²) in [6, 6.07) is 0. The molecule has 1 N–H and O–H groups in total. The van der Waals surface area contributed by atoms with E-state index in [4.69, 9.17) is 0 Å². The first-order valence-electron chi connectivity index (χ1n) is 3.52. The van der Waals surface area contributed by atoms with Gasteiger partial charge in [-0.2, -0.15) is 0 Å². The molecule has 0 bridgehead atoms. The van der Waals surface area contributed by atoms with Crippen LogP contribution in [0, 0.1) is 0 Å². The quantitative estimate of drug-likeness (QED) is 0.623. The smallest absolute Gasteiger partial charge is 0.138 e. The minimum atomic E-state index is 0.981. The van der Waals surface area contributed by atoms with Crippen molar-refractivity contribution in [1.82, 2.24) is 14.9 Å². The van der Waals surface area contributed by atoms with E-state index in [1.807, 2.05) is 0 Å². The van der Waals surface area contributed by atoms with Crippen LogP contribution in [0.3, 0.4) is 0 Å². The summed E-state index contributed by atoms with van der Waals surface area (Å²) < 4.78 is 1.76. The Hall–Kier alpha value is -1.06. The molecule has 10 heavy (non-hydrogen) atoms. The molecule has 0 aromatic carbocycles. The van der Waals surface area contributed by atoms with Gasteiger partial charge >= 0.3 is 0 Å². The van der Waals surface area contributed by atoms with Gasteiger partial charge in [0.2, 0.25) is 0 Å². The van der Waals surface area contributed by atoms with Gasteiger partial charge in [-0.25, -0.2) is 4.68 Å². The van der Waals surface area contributed by atoms with E-state index in [1.165, 1.54) is 12.8 Å². The first-order chi connectivity index (χ1) is 4.93. The van der Waals surface area contributed by atoms with Crippen LogP contribution >= 0.6 is 0 Å². The van der Waals surface area contributed by atoms with Crippen molar-refractivity contribution in [2.75, 3.05) is 12.0 Å². The van der Waals surface area contributed by atoms with Gasteiger partial charge in [0.05, 0.1) is 0 Å². The molecule has 0 aliphatic heterocycles. The second-order valence-corrected chi connectivity index (χ2v) is 2.13. The van der Waals surface area contributed by atoms with Crippen molar-refractivity contribution in [2.24, 2.45) is 0 Å². The third kappa shape index (κ3) is 2.05. The summed E-state index contributed by atoms with van der Waals surface area (Å²) in [6.45, 7) is 3.14. The number of aromatic nitrogens is 3. The summed E-state index contributed by atoms with van der Waals surface area (Å²) in [5.74, 6) is 0. The highest BCUT2D eigenvalue weighted by molar-refractivity contribution is 4.70. The molecule has 0 amide bonds. The Morgan fingerprint density at radius 1 is 1.40 bits per heavy atom. The lowest BCUT2D eigenvalue weighted by Gasteiger charge is -2.02. The molecular formula is C6H12N4. The van der Waals surface area contributed by atoms with Crippen molar-refractivity contribution in [3.63, 3.8) is 0 Å². The van der Waals surface area contributed by atoms with Gasteiger partial charge in [0, 0.05) is 6.54 Å². The first kappa shape index (κ1) is 7.05. The van der Waals surface area contributed by atoms with Gasteiger partial charge in [0.25, 0.3) is 0 Å². The van der Waals surface area contributed by atoms with Gasteiger partial charge in [-0.3, -0.25) is 0 Å². The van der Waals surface area contributed by atoms with Crippen LogP contribution in [0.15, 0.2) is 12.7 Å². The largest absolute Gasteiger partial charge is 0.323 e. The number of nitrogens with zero attached hydrogens (tertiary/aromatic N) is 3. The van der Waals surface area contributed by atoms with Gasteiger partial charge in [-0.15, -0.1) is 10.2 Å². The van der Waals surface area contributed by atoms with E-state index in [0.29, 0.717) is 0 Å². The molecule has 0 spiro atoms. The summed E-state index contributed by atoms with van der Waals surface area (Å²) in [6.07, 6.45) is 5.68. The van der Waals surface area contributed by atoms with Crippen LogP contribution in [0.1, 0.15) is 19.8 Å². The third-order valence-corrected chi connectivity index (χ3v) is 1.24. The van der Waals surface area contributed by atoms with Crippen LogP contribution in [0.2, 0.25) is 0 Å². The Morgan fingerprint density at radius 3 is 2.70 bits per heavy atom. The molecule has 1 aromatic rings. The molecule has 56 valence electrons. The number of hydrogen-bond acceptors (Lipinski definition) is 3. The molecule has 0 atom stereocenters. The zero-order chi connectivity index (χ0) is 7.23. The van der Waals surface area contributed by atoms with Gasteiger partial charge < -0.3 is 5.43 Å². The molecule has 4 nitrogen and oxygen atoms in total. The minimum absolute atomic E-state index is 0.981. The topological polar surface area (TPSA) is 42.7 Å². The molecule has 0 radical (unpaired) electrons. The highest BCUT2D eigenvalue weighted by Gasteiger charge is 1.85. The van der Waals surface area contributed by atoms with Crippen LogP contribution in [0.5, 0.6) is 0 Å². The summed E-state index contributed by atoms with van der Waals surface area (Å²) in [5.41, 5.74) is 3.12. The average molecular weight is 140 g/mol. The van der Waals surface area contributed by atoms with Crippen molar-refractivity contribution >= 4 is 0 Å². The fourth-order valence-electron chi connectivity index (χ4n) is 0.667. The standard InChI is InChI=1S/C6H12N4/c1-2-3-4-9-10-5-7-8-6-10/h5-6,9H,2-4H2,1H3. The first-order valence-corrected chi connectivity index (χ1v) is 3.52. The van der Waals surface area contributed by atoms with E-state index in [1.54, 1.807) is 17.3 Å². The monoisotopic (exact) mass is 140 g/mol. The van der Waals surface area contributed by atoms with Crippen molar-refractivity contribution < 1.29 is 0 Å². The van der Waals surface area contributed by atoms with Crippen LogP contribution in [-0.2, 0) is 0 Å². The second kappa shape index (κ2) is 3.87. The SMILES string of the molecule is CCCCNn1cnnc1. The average Bonchev–Trinajstić information content (AvgIpc) is 2.41. The van der Waals surface area contributed by atoms with E-state index >= 15 is 0 Å². The predicted octanol–water partition coefficient (Wildman–Crippen LogP) is 0.622. The van der Waals surface area contributed by atoms with E-state index in [2.05, 4.69) is 22.5 Å². The highest BCUT2D eigenvalue weighted by atomic mass is 15.5. The van der Waals surface area contributed by atoms with Gasteiger partial charge in [0.15, 0.2) is 0 Å². The number of nitrogens with one attached hydrogen (secondary N) is 1. The van der Waals surface area contributed by atoms with Crippen molar-refractivity contribution in [1.29, 1.82) is 0 Å². The zero-order valence-corrected chi connectivity index (χ0v) is 6.12. The second-order valence-electron chi connectivity index (χ2n) is 2.13. The number of unbranched alkanes of at least 4 members (excludes halogenated alkanes) is 1. The van der Waals surface area contributed by atoms with Gasteiger partial charge in [-0.05, 0) is 6.42 Å². The van der Waals surface area contributed by atoms with E-state index in [0.717, 1.165) is 6.54 Å². The van der Waals surface area contributed by atoms with Crippen LogP contribution in [0.4, 0.5) is 0 Å². The van der Waals surface area contributed by atoms with Gasteiger partial charge in [0.1, 0.15) is 12.7 Å². The molecule has 1 heterocycles.